The molecule has 2 unspecified atom stereocenters. The highest BCUT2D eigenvalue weighted by molar-refractivity contribution is 5.87. The third-order valence-corrected chi connectivity index (χ3v) is 3.31. The van der Waals surface area contributed by atoms with Gasteiger partial charge in [0.2, 0.25) is 0 Å². The zero-order chi connectivity index (χ0) is 14.7. The van der Waals surface area contributed by atoms with Gasteiger partial charge in [0.05, 0.1) is 12.7 Å². The van der Waals surface area contributed by atoms with Gasteiger partial charge in [0.15, 0.2) is 0 Å². The fourth-order valence-electron chi connectivity index (χ4n) is 2.32. The van der Waals surface area contributed by atoms with Gasteiger partial charge in [-0.2, -0.15) is 0 Å². The van der Waals surface area contributed by atoms with Gasteiger partial charge in [-0.3, -0.25) is 0 Å². The third-order valence-electron chi connectivity index (χ3n) is 3.31. The number of aliphatic carboxylic acids is 1. The van der Waals surface area contributed by atoms with E-state index in [0.717, 1.165) is 11.8 Å². The molecule has 1 fully saturated rings. The first-order valence-corrected chi connectivity index (χ1v) is 6.56. The van der Waals surface area contributed by atoms with E-state index >= 15 is 0 Å². The quantitative estimate of drug-likeness (QED) is 0.864. The fourth-order valence-corrected chi connectivity index (χ4v) is 2.32. The predicted octanol–water partition coefficient (Wildman–Crippen LogP) is 2.54. The van der Waals surface area contributed by atoms with Crippen LogP contribution in [-0.2, 0) is 9.53 Å². The van der Waals surface area contributed by atoms with Crippen LogP contribution >= 0.6 is 0 Å². The molecule has 0 amide bonds. The molecular formula is C15H18FNO3. The van der Waals surface area contributed by atoms with Crippen LogP contribution in [0.1, 0.15) is 19.4 Å². The lowest BCUT2D eigenvalue weighted by Crippen LogP contribution is -2.47. The predicted molar refractivity (Wildman–Crippen MR) is 75.3 cm³/mol. The Labute approximate surface area is 117 Å². The molecule has 108 valence electrons. The molecule has 0 aliphatic carbocycles. The van der Waals surface area contributed by atoms with Gasteiger partial charge in [0, 0.05) is 29.9 Å². The van der Waals surface area contributed by atoms with Gasteiger partial charge in [0.25, 0.3) is 0 Å². The van der Waals surface area contributed by atoms with Crippen LogP contribution in [0.4, 0.5) is 10.1 Å². The smallest absolute Gasteiger partial charge is 0.328 e. The second-order valence-corrected chi connectivity index (χ2v) is 5.02. The number of carboxylic acids is 1. The number of ether oxygens (including phenoxy) is 1. The number of halogens is 1. The molecule has 20 heavy (non-hydrogen) atoms. The normalized spacial score (nSPS) is 23.2. The summed E-state index contributed by atoms with van der Waals surface area (Å²) in [6.45, 7) is 5.30. The molecule has 1 aromatic carbocycles. The van der Waals surface area contributed by atoms with Crippen molar-refractivity contribution in [1.82, 2.24) is 0 Å². The summed E-state index contributed by atoms with van der Waals surface area (Å²) in [7, 11) is 0. The second kappa shape index (κ2) is 6.05. The van der Waals surface area contributed by atoms with Crippen molar-refractivity contribution in [3.8, 4) is 0 Å². The average molecular weight is 279 g/mol. The molecule has 0 radical (unpaired) electrons. The van der Waals surface area contributed by atoms with Crippen LogP contribution in [0.25, 0.3) is 6.08 Å². The zero-order valence-corrected chi connectivity index (χ0v) is 11.5. The highest BCUT2D eigenvalue weighted by Crippen LogP contribution is 2.27. The molecule has 1 N–H and O–H groups in total. The Kier molecular flexibility index (Phi) is 4.39. The fraction of sp³-hybridized carbons (Fsp3) is 0.400. The molecule has 0 bridgehead atoms. The molecule has 1 saturated heterocycles. The lowest BCUT2D eigenvalue weighted by molar-refractivity contribution is -0.131. The van der Waals surface area contributed by atoms with Gasteiger partial charge in [-0.25, -0.2) is 9.18 Å². The van der Waals surface area contributed by atoms with Crippen LogP contribution < -0.4 is 4.90 Å². The molecular weight excluding hydrogens is 261 g/mol. The van der Waals surface area contributed by atoms with Crippen LogP contribution in [-0.4, -0.2) is 36.4 Å². The summed E-state index contributed by atoms with van der Waals surface area (Å²) in [4.78, 5) is 12.8. The number of nitrogens with zero attached hydrogens (tertiary/aromatic N) is 1. The molecule has 5 heteroatoms. The minimum atomic E-state index is -1.05. The Hall–Kier alpha value is -1.88. The van der Waals surface area contributed by atoms with E-state index < -0.39 is 5.97 Å². The molecule has 1 aromatic rings. The van der Waals surface area contributed by atoms with Crippen molar-refractivity contribution >= 4 is 17.7 Å². The van der Waals surface area contributed by atoms with Crippen LogP contribution in [0.5, 0.6) is 0 Å². The largest absolute Gasteiger partial charge is 0.478 e. The first-order chi connectivity index (χ1) is 9.47. The topological polar surface area (TPSA) is 49.8 Å². The first kappa shape index (κ1) is 14.5. The minimum absolute atomic E-state index is 0.0903. The number of rotatable bonds is 3. The van der Waals surface area contributed by atoms with Gasteiger partial charge in [-0.05, 0) is 38.1 Å². The number of anilines is 1. The summed E-state index contributed by atoms with van der Waals surface area (Å²) < 4.78 is 19.0. The standard InChI is InChI=1S/C15H18FNO3/c1-10-9-20-11(2)8-17(10)14-5-4-13(16)7-12(14)3-6-15(18)19/h3-7,10-11H,8-9H2,1-2H3,(H,18,19)/b6-3+. The number of carboxylic acid groups (broad SMARTS) is 1. The Balaban J connectivity index is 2.36. The van der Waals surface area contributed by atoms with Gasteiger partial charge in [0.1, 0.15) is 5.82 Å². The van der Waals surface area contributed by atoms with E-state index in [1.807, 2.05) is 13.8 Å². The number of morpholine rings is 1. The average Bonchev–Trinajstić information content (AvgIpc) is 2.39. The lowest BCUT2D eigenvalue weighted by atomic mass is 10.1. The minimum Gasteiger partial charge on any atom is -0.478 e. The van der Waals surface area contributed by atoms with Crippen molar-refractivity contribution in [2.45, 2.75) is 26.0 Å². The summed E-state index contributed by atoms with van der Waals surface area (Å²) in [6, 6.07) is 4.58. The first-order valence-electron chi connectivity index (χ1n) is 6.56. The second-order valence-electron chi connectivity index (χ2n) is 5.02. The molecule has 2 atom stereocenters. The SMILES string of the molecule is CC1CN(c2ccc(F)cc2/C=C/C(=O)O)C(C)CO1. The van der Waals surface area contributed by atoms with Crippen molar-refractivity contribution in [2.24, 2.45) is 0 Å². The summed E-state index contributed by atoms with van der Waals surface area (Å²) in [5, 5.41) is 8.73. The maximum Gasteiger partial charge on any atom is 0.328 e. The molecule has 0 saturated carbocycles. The van der Waals surface area contributed by atoms with Crippen LogP contribution in [0, 0.1) is 5.82 Å². The highest BCUT2D eigenvalue weighted by atomic mass is 19.1. The van der Waals surface area contributed by atoms with Crippen LogP contribution in [0.2, 0.25) is 0 Å². The van der Waals surface area contributed by atoms with Crippen molar-refractivity contribution < 1.29 is 19.0 Å². The van der Waals surface area contributed by atoms with Crippen molar-refractivity contribution in [1.29, 1.82) is 0 Å². The highest BCUT2D eigenvalue weighted by Gasteiger charge is 2.25. The molecule has 0 spiro atoms. The van der Waals surface area contributed by atoms with E-state index in [4.69, 9.17) is 9.84 Å². The maximum absolute atomic E-state index is 13.4. The maximum atomic E-state index is 13.4. The van der Waals surface area contributed by atoms with E-state index in [-0.39, 0.29) is 18.0 Å². The number of carbonyl (C=O) groups is 1. The zero-order valence-electron chi connectivity index (χ0n) is 11.5. The van der Waals surface area contributed by atoms with E-state index in [1.54, 1.807) is 6.07 Å². The molecule has 0 aromatic heterocycles. The van der Waals surface area contributed by atoms with E-state index in [2.05, 4.69) is 4.90 Å². The molecule has 1 aliphatic rings. The summed E-state index contributed by atoms with van der Waals surface area (Å²) in [5.74, 6) is -1.43. The van der Waals surface area contributed by atoms with Gasteiger partial charge < -0.3 is 14.7 Å². The Morgan fingerprint density at radius 1 is 1.50 bits per heavy atom. The Bertz CT molecular complexity index is 530. The Morgan fingerprint density at radius 3 is 2.95 bits per heavy atom. The van der Waals surface area contributed by atoms with Crippen LogP contribution in [0.15, 0.2) is 24.3 Å². The van der Waals surface area contributed by atoms with E-state index in [0.29, 0.717) is 18.7 Å². The van der Waals surface area contributed by atoms with Crippen LogP contribution in [0.3, 0.4) is 0 Å². The monoisotopic (exact) mass is 279 g/mol. The lowest BCUT2D eigenvalue weighted by Gasteiger charge is -2.39. The van der Waals surface area contributed by atoms with Crippen molar-refractivity contribution in [3.05, 3.63) is 35.7 Å². The number of hydrogen-bond donors (Lipinski definition) is 1. The van der Waals surface area contributed by atoms with Gasteiger partial charge in [-0.1, -0.05) is 0 Å². The summed E-state index contributed by atoms with van der Waals surface area (Å²) in [6.07, 6.45) is 2.54. The van der Waals surface area contributed by atoms with E-state index in [9.17, 15) is 9.18 Å². The Morgan fingerprint density at radius 2 is 2.25 bits per heavy atom. The molecule has 4 nitrogen and oxygen atoms in total. The number of hydrogen-bond acceptors (Lipinski definition) is 3. The summed E-state index contributed by atoms with van der Waals surface area (Å²) in [5.41, 5.74) is 1.39. The molecule has 1 aliphatic heterocycles. The third kappa shape index (κ3) is 3.36. The van der Waals surface area contributed by atoms with Gasteiger partial charge in [-0.15, -0.1) is 0 Å². The molecule has 1 heterocycles. The van der Waals surface area contributed by atoms with E-state index in [1.165, 1.54) is 18.2 Å². The van der Waals surface area contributed by atoms with Gasteiger partial charge >= 0.3 is 5.97 Å². The van der Waals surface area contributed by atoms with Crippen molar-refractivity contribution in [3.63, 3.8) is 0 Å². The summed E-state index contributed by atoms with van der Waals surface area (Å²) >= 11 is 0. The van der Waals surface area contributed by atoms with Crippen molar-refractivity contribution in [2.75, 3.05) is 18.1 Å². The number of benzene rings is 1. The molecule has 2 rings (SSSR count).